The van der Waals surface area contributed by atoms with Gasteiger partial charge in [0.2, 0.25) is 0 Å². The SMILES string of the molecule is CCCC/C=C\CCCCCCCC(=O)OC[C@H](COP(=O)(O)OC[C@H](N)C(=O)O)OC(=O)CCC[C@@H](O)\C=C/C=C/C=C/[C@@H](O)C/C=C\CCCCC. The molecule has 0 aromatic rings. The first-order chi connectivity index (χ1) is 25.9. The maximum absolute atomic E-state index is 12.6. The van der Waals surface area contributed by atoms with Gasteiger partial charge in [0.25, 0.3) is 0 Å². The number of carboxylic acids is 1. The van der Waals surface area contributed by atoms with Crippen LogP contribution in [-0.2, 0) is 37.5 Å². The number of nitrogens with two attached hydrogens (primary N) is 1. The first-order valence-electron chi connectivity index (χ1n) is 19.5. The fourth-order valence-corrected chi connectivity index (χ4v) is 5.49. The normalized spacial score (nSPS) is 15.7. The zero-order valence-corrected chi connectivity index (χ0v) is 33.4. The summed E-state index contributed by atoms with van der Waals surface area (Å²) >= 11 is 0. The summed E-state index contributed by atoms with van der Waals surface area (Å²) in [6.45, 7) is 2.40. The summed E-state index contributed by atoms with van der Waals surface area (Å²) in [7, 11) is -4.78. The van der Waals surface area contributed by atoms with Crippen LogP contribution < -0.4 is 5.73 Å². The minimum atomic E-state index is -4.78. The average molecular weight is 786 g/mol. The van der Waals surface area contributed by atoms with Gasteiger partial charge in [-0.05, 0) is 57.8 Å². The van der Waals surface area contributed by atoms with Gasteiger partial charge in [-0.2, -0.15) is 0 Å². The van der Waals surface area contributed by atoms with E-state index in [4.69, 9.17) is 24.8 Å². The number of ether oxygens (including phenoxy) is 2. The van der Waals surface area contributed by atoms with E-state index >= 15 is 0 Å². The van der Waals surface area contributed by atoms with Crippen molar-refractivity contribution >= 4 is 25.7 Å². The second kappa shape index (κ2) is 34.6. The van der Waals surface area contributed by atoms with Gasteiger partial charge in [0.15, 0.2) is 6.10 Å². The highest BCUT2D eigenvalue weighted by atomic mass is 31.2. The lowest BCUT2D eigenvalue weighted by Gasteiger charge is -2.20. The Morgan fingerprint density at radius 3 is 1.89 bits per heavy atom. The lowest BCUT2D eigenvalue weighted by molar-refractivity contribution is -0.161. The number of rotatable bonds is 35. The van der Waals surface area contributed by atoms with Gasteiger partial charge in [-0.15, -0.1) is 0 Å². The van der Waals surface area contributed by atoms with Crippen LogP contribution in [-0.4, -0.2) is 82.3 Å². The summed E-state index contributed by atoms with van der Waals surface area (Å²) in [5.74, 6) is -2.68. The Morgan fingerprint density at radius 2 is 1.22 bits per heavy atom. The van der Waals surface area contributed by atoms with Gasteiger partial charge in [0.1, 0.15) is 12.6 Å². The molecule has 0 bridgehead atoms. The molecule has 0 radical (unpaired) electrons. The summed E-state index contributed by atoms with van der Waals surface area (Å²) in [5, 5.41) is 29.1. The molecule has 0 aliphatic carbocycles. The first kappa shape index (κ1) is 51.1. The molecule has 0 saturated carbocycles. The molecule has 1 unspecified atom stereocenters. The predicted octanol–water partition coefficient (Wildman–Crippen LogP) is 7.55. The summed E-state index contributed by atoms with van der Waals surface area (Å²) in [5.41, 5.74) is 5.30. The number of hydrogen-bond donors (Lipinski definition) is 5. The van der Waals surface area contributed by atoms with Crippen molar-refractivity contribution in [2.45, 2.75) is 154 Å². The Hall–Kier alpha value is -2.90. The van der Waals surface area contributed by atoms with Crippen molar-refractivity contribution in [2.24, 2.45) is 5.73 Å². The topological polar surface area (TPSA) is 212 Å². The van der Waals surface area contributed by atoms with E-state index in [0.29, 0.717) is 12.8 Å². The molecule has 0 rings (SSSR count). The van der Waals surface area contributed by atoms with Crippen LogP contribution in [0.2, 0.25) is 0 Å². The van der Waals surface area contributed by atoms with E-state index in [0.717, 1.165) is 51.4 Å². The molecule has 0 spiro atoms. The fraction of sp³-hybridized carbons (Fsp3) is 0.675. The summed E-state index contributed by atoms with van der Waals surface area (Å²) < 4.78 is 32.3. The van der Waals surface area contributed by atoms with Crippen LogP contribution in [0.4, 0.5) is 0 Å². The van der Waals surface area contributed by atoms with E-state index in [1.165, 1.54) is 25.7 Å². The third kappa shape index (κ3) is 33.7. The minimum absolute atomic E-state index is 0.103. The molecular formula is C40H68NO12P. The van der Waals surface area contributed by atoms with Gasteiger partial charge in [0, 0.05) is 12.8 Å². The molecular weight excluding hydrogens is 717 g/mol. The van der Waals surface area contributed by atoms with Crippen molar-refractivity contribution < 1.29 is 57.7 Å². The highest BCUT2D eigenvalue weighted by Crippen LogP contribution is 2.43. The lowest BCUT2D eigenvalue weighted by atomic mass is 10.1. The summed E-state index contributed by atoms with van der Waals surface area (Å²) in [6, 6.07) is -1.56. The van der Waals surface area contributed by atoms with Gasteiger partial charge in [-0.3, -0.25) is 23.4 Å². The van der Waals surface area contributed by atoms with Crippen LogP contribution in [0.25, 0.3) is 0 Å². The number of allylic oxidation sites excluding steroid dienone is 7. The number of carbonyl (C=O) groups excluding carboxylic acids is 2. The molecule has 0 heterocycles. The third-order valence-electron chi connectivity index (χ3n) is 7.93. The van der Waals surface area contributed by atoms with Crippen molar-refractivity contribution in [1.82, 2.24) is 0 Å². The van der Waals surface area contributed by atoms with Crippen LogP contribution in [0.1, 0.15) is 129 Å². The van der Waals surface area contributed by atoms with Crippen molar-refractivity contribution in [1.29, 1.82) is 0 Å². The number of aliphatic hydroxyl groups is 2. The van der Waals surface area contributed by atoms with Crippen molar-refractivity contribution in [2.75, 3.05) is 19.8 Å². The number of carbonyl (C=O) groups is 3. The molecule has 0 amide bonds. The number of carboxylic acid groups (broad SMARTS) is 1. The fourth-order valence-electron chi connectivity index (χ4n) is 4.71. The molecule has 0 saturated heterocycles. The summed E-state index contributed by atoms with van der Waals surface area (Å²) in [6.07, 6.45) is 30.7. The lowest BCUT2D eigenvalue weighted by Crippen LogP contribution is -2.34. The van der Waals surface area contributed by atoms with Crippen LogP contribution in [0, 0.1) is 0 Å². The Bertz CT molecular complexity index is 1190. The van der Waals surface area contributed by atoms with E-state index in [-0.39, 0.29) is 25.7 Å². The van der Waals surface area contributed by atoms with Gasteiger partial charge in [-0.25, -0.2) is 4.57 Å². The monoisotopic (exact) mass is 785 g/mol. The Kier molecular flexibility index (Phi) is 32.7. The van der Waals surface area contributed by atoms with Gasteiger partial charge < -0.3 is 35.4 Å². The number of esters is 2. The van der Waals surface area contributed by atoms with Crippen molar-refractivity contribution in [3.05, 3.63) is 60.8 Å². The Labute approximate surface area is 323 Å². The smallest absolute Gasteiger partial charge is 0.472 e. The van der Waals surface area contributed by atoms with Crippen molar-refractivity contribution in [3.63, 3.8) is 0 Å². The van der Waals surface area contributed by atoms with Crippen molar-refractivity contribution in [3.8, 4) is 0 Å². The second-order valence-electron chi connectivity index (χ2n) is 13.1. The first-order valence-corrected chi connectivity index (χ1v) is 21.0. The Balaban J connectivity index is 4.74. The second-order valence-corrected chi connectivity index (χ2v) is 14.6. The molecule has 54 heavy (non-hydrogen) atoms. The number of aliphatic hydroxyl groups excluding tert-OH is 2. The van der Waals surface area contributed by atoms with Gasteiger partial charge in [0.05, 0.1) is 25.4 Å². The third-order valence-corrected chi connectivity index (χ3v) is 8.88. The number of hydrogen-bond acceptors (Lipinski definition) is 11. The number of phosphoric acid groups is 1. The zero-order chi connectivity index (χ0) is 40.3. The maximum Gasteiger partial charge on any atom is 0.472 e. The van der Waals surface area contributed by atoms with Crippen LogP contribution >= 0.6 is 7.82 Å². The number of aliphatic carboxylic acids is 1. The van der Waals surface area contributed by atoms with Gasteiger partial charge in [-0.1, -0.05) is 120 Å². The average Bonchev–Trinajstić information content (AvgIpc) is 3.13. The standard InChI is InChI=1S/C40H68NO12P/c1-3-5-7-9-11-12-13-14-15-17-23-29-38(44)50-31-36(32-51-54(48,49)52-33-37(41)40(46)47)53-39(45)30-24-28-35(43)27-22-19-18-21-26-34(42)25-20-16-10-8-6-4-2/h9,11,16,18-22,26-27,34-37,42-43H,3-8,10,12-15,17,23-25,28-33,41H2,1-2H3,(H,46,47)(H,48,49)/b11-9-,19-18+,20-16-,26-21+,27-22-/t34-,35-,36+,37-/m0/s1. The highest BCUT2D eigenvalue weighted by molar-refractivity contribution is 7.47. The molecule has 6 N–H and O–H groups in total. The van der Waals surface area contributed by atoms with Crippen LogP contribution in [0.3, 0.4) is 0 Å². The maximum atomic E-state index is 12.6. The molecule has 5 atom stereocenters. The van der Waals surface area contributed by atoms with E-state index in [1.54, 1.807) is 36.5 Å². The van der Waals surface area contributed by atoms with Crippen LogP contribution in [0.5, 0.6) is 0 Å². The summed E-state index contributed by atoms with van der Waals surface area (Å²) in [4.78, 5) is 45.8. The zero-order valence-electron chi connectivity index (χ0n) is 32.5. The molecule has 0 aromatic carbocycles. The molecule has 310 valence electrons. The molecule has 14 heteroatoms. The molecule has 13 nitrogen and oxygen atoms in total. The predicted molar refractivity (Wildman–Crippen MR) is 210 cm³/mol. The Morgan fingerprint density at radius 1 is 0.667 bits per heavy atom. The molecule has 0 aliphatic rings. The van der Waals surface area contributed by atoms with E-state index in [2.05, 4.69) is 36.6 Å². The van der Waals surface area contributed by atoms with Crippen LogP contribution in [0.15, 0.2) is 60.8 Å². The van der Waals surface area contributed by atoms with E-state index < -0.39 is 69.9 Å². The number of unbranched alkanes of at least 4 members (excludes halogenated alkanes) is 10. The largest absolute Gasteiger partial charge is 0.480 e. The minimum Gasteiger partial charge on any atom is -0.480 e. The van der Waals surface area contributed by atoms with E-state index in [1.807, 2.05) is 6.08 Å². The molecule has 0 fully saturated rings. The van der Waals surface area contributed by atoms with Gasteiger partial charge >= 0.3 is 25.7 Å². The van der Waals surface area contributed by atoms with E-state index in [9.17, 15) is 34.1 Å². The molecule has 0 aliphatic heterocycles. The number of phosphoric ester groups is 1. The quantitative estimate of drug-likeness (QED) is 0.0138. The highest BCUT2D eigenvalue weighted by Gasteiger charge is 2.28. The molecule has 0 aromatic heterocycles.